The Bertz CT molecular complexity index is 1090. The molecular formula is C25H32BrN3O4S. The second-order valence-electron chi connectivity index (χ2n) is 8.78. The van der Waals surface area contributed by atoms with Crippen LogP contribution in [0.3, 0.4) is 0 Å². The van der Waals surface area contributed by atoms with E-state index in [0.717, 1.165) is 46.3 Å². The summed E-state index contributed by atoms with van der Waals surface area (Å²) >= 11 is 3.45. The molecule has 1 aliphatic carbocycles. The van der Waals surface area contributed by atoms with E-state index in [4.69, 9.17) is 0 Å². The van der Waals surface area contributed by atoms with Crippen LogP contribution in [0.4, 0.5) is 5.69 Å². The summed E-state index contributed by atoms with van der Waals surface area (Å²) in [5.74, 6) is -0.665. The lowest BCUT2D eigenvalue weighted by Gasteiger charge is -2.33. The summed E-state index contributed by atoms with van der Waals surface area (Å²) in [4.78, 5) is 28.1. The highest BCUT2D eigenvalue weighted by Gasteiger charge is 2.31. The zero-order valence-corrected chi connectivity index (χ0v) is 22.0. The molecule has 2 aromatic carbocycles. The number of para-hydroxylation sites is 1. The average molecular weight is 551 g/mol. The topological polar surface area (TPSA) is 86.8 Å². The summed E-state index contributed by atoms with van der Waals surface area (Å²) < 4.78 is 27.0. The molecular weight excluding hydrogens is 518 g/mol. The molecule has 0 bridgehead atoms. The number of nitrogens with one attached hydrogen (secondary N) is 1. The Labute approximate surface area is 210 Å². The Balaban J connectivity index is 1.85. The number of hydrogen-bond acceptors (Lipinski definition) is 4. The van der Waals surface area contributed by atoms with Gasteiger partial charge in [0.2, 0.25) is 21.8 Å². The number of rotatable bonds is 9. The van der Waals surface area contributed by atoms with Crippen molar-refractivity contribution in [2.24, 2.45) is 0 Å². The molecule has 0 saturated heterocycles. The number of benzene rings is 2. The third-order valence-corrected chi connectivity index (χ3v) is 7.72. The zero-order chi connectivity index (χ0) is 24.7. The van der Waals surface area contributed by atoms with Gasteiger partial charge in [-0.2, -0.15) is 0 Å². The first kappa shape index (κ1) is 26.2. The SMILES string of the molecule is CC(C(=O)NC1CCCCC1)N(Cc1cccc(Br)c1)C(=O)CN(c1ccccc1)S(C)(=O)=O. The van der Waals surface area contributed by atoms with Gasteiger partial charge >= 0.3 is 0 Å². The van der Waals surface area contributed by atoms with Crippen molar-refractivity contribution >= 4 is 43.5 Å². The predicted molar refractivity (Wildman–Crippen MR) is 138 cm³/mol. The van der Waals surface area contributed by atoms with E-state index in [1.807, 2.05) is 24.3 Å². The maximum atomic E-state index is 13.5. The molecule has 2 amide bonds. The third-order valence-electron chi connectivity index (χ3n) is 6.08. The Morgan fingerprint density at radius 1 is 1.06 bits per heavy atom. The van der Waals surface area contributed by atoms with Gasteiger partial charge in [0.25, 0.3) is 0 Å². The molecule has 0 radical (unpaired) electrons. The highest BCUT2D eigenvalue weighted by molar-refractivity contribution is 9.10. The molecule has 184 valence electrons. The fourth-order valence-electron chi connectivity index (χ4n) is 4.19. The lowest BCUT2D eigenvalue weighted by Crippen LogP contribution is -2.52. The van der Waals surface area contributed by atoms with Gasteiger partial charge in [0.15, 0.2) is 0 Å². The average Bonchev–Trinajstić information content (AvgIpc) is 2.81. The molecule has 0 aromatic heterocycles. The van der Waals surface area contributed by atoms with Crippen molar-refractivity contribution < 1.29 is 18.0 Å². The van der Waals surface area contributed by atoms with Crippen molar-refractivity contribution in [1.29, 1.82) is 0 Å². The molecule has 1 saturated carbocycles. The van der Waals surface area contributed by atoms with Gasteiger partial charge in [0, 0.05) is 17.1 Å². The minimum absolute atomic E-state index is 0.114. The number of amides is 2. The van der Waals surface area contributed by atoms with Crippen LogP contribution in [0.1, 0.15) is 44.6 Å². The van der Waals surface area contributed by atoms with Crippen LogP contribution in [0, 0.1) is 0 Å². The molecule has 0 aliphatic heterocycles. The van der Waals surface area contributed by atoms with Crippen LogP contribution < -0.4 is 9.62 Å². The van der Waals surface area contributed by atoms with Crippen molar-refractivity contribution in [2.45, 2.75) is 57.7 Å². The second-order valence-corrected chi connectivity index (χ2v) is 11.6. The maximum Gasteiger partial charge on any atom is 0.244 e. The fraction of sp³-hybridized carbons (Fsp3) is 0.440. The Morgan fingerprint density at radius 3 is 2.35 bits per heavy atom. The summed E-state index contributed by atoms with van der Waals surface area (Å²) in [7, 11) is -3.72. The highest BCUT2D eigenvalue weighted by Crippen LogP contribution is 2.21. The van der Waals surface area contributed by atoms with Gasteiger partial charge in [-0.15, -0.1) is 0 Å². The molecule has 2 aromatic rings. The number of anilines is 1. The van der Waals surface area contributed by atoms with Crippen molar-refractivity contribution in [3.05, 3.63) is 64.6 Å². The van der Waals surface area contributed by atoms with Crippen molar-refractivity contribution in [3.8, 4) is 0 Å². The van der Waals surface area contributed by atoms with E-state index in [0.29, 0.717) is 5.69 Å². The van der Waals surface area contributed by atoms with Crippen LogP contribution in [0.15, 0.2) is 59.1 Å². The zero-order valence-electron chi connectivity index (χ0n) is 19.6. The maximum absolute atomic E-state index is 13.5. The van der Waals surface area contributed by atoms with Crippen LogP contribution in [-0.4, -0.2) is 50.0 Å². The first-order chi connectivity index (χ1) is 16.1. The highest BCUT2D eigenvalue weighted by atomic mass is 79.9. The van der Waals surface area contributed by atoms with Crippen molar-refractivity contribution in [2.75, 3.05) is 17.1 Å². The van der Waals surface area contributed by atoms with Gasteiger partial charge in [0.05, 0.1) is 11.9 Å². The number of carbonyl (C=O) groups is 2. The van der Waals surface area contributed by atoms with Crippen LogP contribution in [-0.2, 0) is 26.2 Å². The normalized spacial score (nSPS) is 15.4. The van der Waals surface area contributed by atoms with Gasteiger partial charge in [-0.1, -0.05) is 65.5 Å². The lowest BCUT2D eigenvalue weighted by atomic mass is 9.95. The molecule has 9 heteroatoms. The van der Waals surface area contributed by atoms with E-state index in [2.05, 4.69) is 21.2 Å². The molecule has 1 fully saturated rings. The molecule has 3 rings (SSSR count). The van der Waals surface area contributed by atoms with Crippen LogP contribution in [0.5, 0.6) is 0 Å². The standard InChI is InChI=1S/C25H32BrN3O4S/c1-19(25(31)27-22-12-5-3-6-13-22)28(17-20-10-9-11-21(26)16-20)24(30)18-29(34(2,32)33)23-14-7-4-8-15-23/h4,7-11,14-16,19,22H,3,5-6,12-13,17-18H2,1-2H3,(H,27,31). The predicted octanol–water partition coefficient (Wildman–Crippen LogP) is 4.08. The van der Waals surface area contributed by atoms with Gasteiger partial charge in [-0.3, -0.25) is 13.9 Å². The van der Waals surface area contributed by atoms with E-state index in [9.17, 15) is 18.0 Å². The molecule has 1 unspecified atom stereocenters. The fourth-order valence-corrected chi connectivity index (χ4v) is 5.49. The van der Waals surface area contributed by atoms with Gasteiger partial charge in [0.1, 0.15) is 12.6 Å². The number of sulfonamides is 1. The first-order valence-corrected chi connectivity index (χ1v) is 14.2. The summed E-state index contributed by atoms with van der Waals surface area (Å²) in [6.07, 6.45) is 6.30. The number of nitrogens with zero attached hydrogens (tertiary/aromatic N) is 2. The summed E-state index contributed by atoms with van der Waals surface area (Å²) in [6, 6.07) is 15.4. The quantitative estimate of drug-likeness (QED) is 0.510. The van der Waals surface area contributed by atoms with Crippen LogP contribution >= 0.6 is 15.9 Å². The van der Waals surface area contributed by atoms with E-state index in [1.165, 1.54) is 11.3 Å². The van der Waals surface area contributed by atoms with E-state index in [-0.39, 0.29) is 18.5 Å². The number of halogens is 1. The van der Waals surface area contributed by atoms with Gasteiger partial charge in [-0.05, 0) is 49.6 Å². The minimum Gasteiger partial charge on any atom is -0.352 e. The van der Waals surface area contributed by atoms with Gasteiger partial charge < -0.3 is 10.2 Å². The molecule has 7 nitrogen and oxygen atoms in total. The van der Waals surface area contributed by atoms with E-state index >= 15 is 0 Å². The lowest BCUT2D eigenvalue weighted by molar-refractivity contribution is -0.139. The first-order valence-electron chi connectivity index (χ1n) is 11.5. The summed E-state index contributed by atoms with van der Waals surface area (Å²) in [5, 5.41) is 3.09. The smallest absolute Gasteiger partial charge is 0.244 e. The largest absolute Gasteiger partial charge is 0.352 e. The second kappa shape index (κ2) is 11.8. The summed E-state index contributed by atoms with van der Waals surface area (Å²) in [5.41, 5.74) is 1.24. The van der Waals surface area contributed by atoms with Gasteiger partial charge in [-0.25, -0.2) is 8.42 Å². The van der Waals surface area contributed by atoms with Crippen molar-refractivity contribution in [3.63, 3.8) is 0 Å². The number of hydrogen-bond donors (Lipinski definition) is 1. The van der Waals surface area contributed by atoms with E-state index < -0.39 is 28.5 Å². The summed E-state index contributed by atoms with van der Waals surface area (Å²) in [6.45, 7) is 1.49. The third kappa shape index (κ3) is 7.30. The Morgan fingerprint density at radius 2 is 1.74 bits per heavy atom. The monoisotopic (exact) mass is 549 g/mol. The van der Waals surface area contributed by atoms with E-state index in [1.54, 1.807) is 37.3 Å². The Hall–Kier alpha value is -2.39. The Kier molecular flexibility index (Phi) is 9.13. The molecule has 1 aliphatic rings. The molecule has 1 N–H and O–H groups in total. The minimum atomic E-state index is -3.72. The molecule has 1 atom stereocenters. The number of carbonyl (C=O) groups excluding carboxylic acids is 2. The van der Waals surface area contributed by atoms with Crippen LogP contribution in [0.2, 0.25) is 0 Å². The molecule has 0 spiro atoms. The molecule has 34 heavy (non-hydrogen) atoms. The van der Waals surface area contributed by atoms with Crippen molar-refractivity contribution in [1.82, 2.24) is 10.2 Å². The van der Waals surface area contributed by atoms with Crippen LogP contribution in [0.25, 0.3) is 0 Å². The molecule has 0 heterocycles.